The van der Waals surface area contributed by atoms with Crippen molar-refractivity contribution < 1.29 is 9.59 Å². The molecule has 0 radical (unpaired) electrons. The number of pyridine rings is 1. The smallest absolute Gasteiger partial charge is 0.312 e. The first-order valence-corrected chi connectivity index (χ1v) is 9.62. The van der Waals surface area contributed by atoms with Crippen LogP contribution in [0.15, 0.2) is 54.6 Å². The second-order valence-corrected chi connectivity index (χ2v) is 6.96. The van der Waals surface area contributed by atoms with Crippen LogP contribution >= 0.6 is 0 Å². The van der Waals surface area contributed by atoms with Gasteiger partial charge in [0.15, 0.2) is 0 Å². The fourth-order valence-electron chi connectivity index (χ4n) is 3.74. The van der Waals surface area contributed by atoms with E-state index in [4.69, 9.17) is 10.7 Å². The van der Waals surface area contributed by atoms with E-state index in [-0.39, 0.29) is 12.5 Å². The maximum absolute atomic E-state index is 13.0. The highest BCUT2D eigenvalue weighted by atomic mass is 16.2. The number of urea groups is 1. The molecule has 1 aliphatic rings. The molecular weight excluding hydrogens is 364 g/mol. The third-order valence-electron chi connectivity index (χ3n) is 5.02. The monoisotopic (exact) mass is 386 g/mol. The summed E-state index contributed by atoms with van der Waals surface area (Å²) >= 11 is 0. The largest absolute Gasteiger partial charge is 0.352 e. The third kappa shape index (κ3) is 3.96. The van der Waals surface area contributed by atoms with Crippen LogP contribution in [0.3, 0.4) is 0 Å². The molecule has 146 valence electrons. The fraction of sp³-hybridized carbons (Fsp3) is 0.174. The van der Waals surface area contributed by atoms with Crippen LogP contribution in [-0.2, 0) is 6.42 Å². The number of nitrogens with zero attached hydrogens (tertiary/aromatic N) is 1. The van der Waals surface area contributed by atoms with Crippen LogP contribution in [0, 0.1) is 0 Å². The number of hydrogen-bond acceptors (Lipinski definition) is 3. The first-order chi connectivity index (χ1) is 14.1. The van der Waals surface area contributed by atoms with E-state index in [1.54, 1.807) is 0 Å². The lowest BCUT2D eigenvalue weighted by atomic mass is 10.00. The van der Waals surface area contributed by atoms with Crippen LogP contribution in [0.25, 0.3) is 22.6 Å². The predicted molar refractivity (Wildman–Crippen MR) is 114 cm³/mol. The molecule has 4 N–H and O–H groups in total. The van der Waals surface area contributed by atoms with Crippen molar-refractivity contribution in [1.82, 2.24) is 15.6 Å². The lowest BCUT2D eigenvalue weighted by Crippen LogP contribution is -2.37. The Morgan fingerprint density at radius 2 is 1.69 bits per heavy atom. The van der Waals surface area contributed by atoms with Gasteiger partial charge in [0, 0.05) is 18.5 Å². The lowest BCUT2D eigenvalue weighted by Gasteiger charge is -2.13. The summed E-state index contributed by atoms with van der Waals surface area (Å²) in [7, 11) is 0. The molecule has 6 heteroatoms. The number of fused-ring (bicyclic) bond motifs is 2. The number of allylic oxidation sites excluding steroid dienone is 1. The topological polar surface area (TPSA) is 97.1 Å². The molecule has 0 bridgehead atoms. The van der Waals surface area contributed by atoms with Gasteiger partial charge >= 0.3 is 6.03 Å². The zero-order valence-electron chi connectivity index (χ0n) is 15.9. The molecule has 6 nitrogen and oxygen atoms in total. The van der Waals surface area contributed by atoms with Gasteiger partial charge < -0.3 is 16.4 Å². The summed E-state index contributed by atoms with van der Waals surface area (Å²) in [5.41, 5.74) is 10.7. The number of hydrogen-bond donors (Lipinski definition) is 3. The van der Waals surface area contributed by atoms with Gasteiger partial charge in [-0.15, -0.1) is 0 Å². The molecule has 29 heavy (non-hydrogen) atoms. The molecule has 0 atom stereocenters. The number of primary amides is 1. The van der Waals surface area contributed by atoms with Crippen LogP contribution in [0.1, 0.15) is 33.6 Å². The average molecular weight is 386 g/mol. The van der Waals surface area contributed by atoms with E-state index in [9.17, 15) is 9.59 Å². The van der Waals surface area contributed by atoms with E-state index in [2.05, 4.69) is 28.8 Å². The van der Waals surface area contributed by atoms with Crippen molar-refractivity contribution in [2.75, 3.05) is 13.1 Å². The minimum Gasteiger partial charge on any atom is -0.352 e. The van der Waals surface area contributed by atoms with Crippen molar-refractivity contribution >= 4 is 34.5 Å². The number of para-hydroxylation sites is 1. The standard InChI is InChI=1S/C23H22N4O2/c24-23(29)26-13-12-25-22(28)20-17-8-4-5-9-19(17)27-21-16(10-11-18(20)21)14-15-6-2-1-3-7-15/h1-9,14H,10-13H2,(H,25,28)(H3,24,26,29). The van der Waals surface area contributed by atoms with Crippen LogP contribution in [0.2, 0.25) is 0 Å². The summed E-state index contributed by atoms with van der Waals surface area (Å²) in [6.45, 7) is 0.589. The maximum atomic E-state index is 13.0. The fourth-order valence-corrected chi connectivity index (χ4v) is 3.74. The van der Waals surface area contributed by atoms with Gasteiger partial charge in [-0.3, -0.25) is 4.79 Å². The number of benzene rings is 2. The second-order valence-electron chi connectivity index (χ2n) is 6.96. The number of carbonyl (C=O) groups is 2. The van der Waals surface area contributed by atoms with Crippen molar-refractivity contribution in [3.63, 3.8) is 0 Å². The van der Waals surface area contributed by atoms with Gasteiger partial charge in [-0.2, -0.15) is 0 Å². The Hall–Kier alpha value is -3.67. The minimum atomic E-state index is -0.606. The van der Waals surface area contributed by atoms with E-state index in [1.165, 1.54) is 0 Å². The Labute approximate surface area is 168 Å². The van der Waals surface area contributed by atoms with Crippen molar-refractivity contribution in [1.29, 1.82) is 0 Å². The molecule has 1 aliphatic carbocycles. The Bertz CT molecular complexity index is 1110. The van der Waals surface area contributed by atoms with Gasteiger partial charge in [-0.05, 0) is 41.7 Å². The predicted octanol–water partition coefficient (Wildman–Crippen LogP) is 3.12. The van der Waals surface area contributed by atoms with Crippen LogP contribution in [0.5, 0.6) is 0 Å². The van der Waals surface area contributed by atoms with Crippen LogP contribution < -0.4 is 16.4 Å². The van der Waals surface area contributed by atoms with Gasteiger partial charge in [0.1, 0.15) is 0 Å². The number of aromatic nitrogens is 1. The first kappa shape index (κ1) is 18.7. The molecule has 3 amide bonds. The highest BCUT2D eigenvalue weighted by molar-refractivity contribution is 6.09. The average Bonchev–Trinajstić information content (AvgIpc) is 3.12. The summed E-state index contributed by atoms with van der Waals surface area (Å²) in [5.74, 6) is -0.160. The molecule has 0 saturated carbocycles. The van der Waals surface area contributed by atoms with E-state index in [0.717, 1.165) is 46.1 Å². The zero-order valence-corrected chi connectivity index (χ0v) is 15.9. The number of rotatable bonds is 5. The van der Waals surface area contributed by atoms with E-state index >= 15 is 0 Å². The quantitative estimate of drug-likeness (QED) is 0.588. The lowest BCUT2D eigenvalue weighted by molar-refractivity contribution is 0.0954. The molecule has 3 aromatic rings. The number of carbonyl (C=O) groups excluding carboxylic acids is 2. The Balaban J connectivity index is 1.72. The van der Waals surface area contributed by atoms with E-state index in [0.29, 0.717) is 12.1 Å². The number of nitrogens with two attached hydrogens (primary N) is 1. The molecule has 0 fully saturated rings. The minimum absolute atomic E-state index is 0.160. The number of amides is 3. The maximum Gasteiger partial charge on any atom is 0.312 e. The van der Waals surface area contributed by atoms with E-state index in [1.807, 2.05) is 42.5 Å². The second kappa shape index (κ2) is 8.14. The third-order valence-corrected chi connectivity index (χ3v) is 5.02. The molecule has 0 aliphatic heterocycles. The number of nitrogens with one attached hydrogen (secondary N) is 2. The zero-order chi connectivity index (χ0) is 20.2. The SMILES string of the molecule is NC(=O)NCCNC(=O)c1c2c(nc3ccccc13)C(=Cc1ccccc1)CC2. The van der Waals surface area contributed by atoms with Gasteiger partial charge in [-0.1, -0.05) is 48.5 Å². The summed E-state index contributed by atoms with van der Waals surface area (Å²) in [5, 5.41) is 6.20. The van der Waals surface area contributed by atoms with Crippen molar-refractivity contribution in [2.45, 2.75) is 12.8 Å². The normalized spacial score (nSPS) is 14.0. The van der Waals surface area contributed by atoms with Gasteiger partial charge in [0.05, 0.1) is 16.8 Å². The highest BCUT2D eigenvalue weighted by Gasteiger charge is 2.26. The van der Waals surface area contributed by atoms with Crippen LogP contribution in [-0.4, -0.2) is 30.0 Å². The van der Waals surface area contributed by atoms with Crippen molar-refractivity contribution in [3.05, 3.63) is 77.0 Å². The van der Waals surface area contributed by atoms with Gasteiger partial charge in [-0.25, -0.2) is 9.78 Å². The summed E-state index contributed by atoms with van der Waals surface area (Å²) in [4.78, 5) is 28.7. The van der Waals surface area contributed by atoms with E-state index < -0.39 is 6.03 Å². The molecule has 1 aromatic heterocycles. The molecule has 4 rings (SSSR count). The molecule has 0 saturated heterocycles. The van der Waals surface area contributed by atoms with Gasteiger partial charge in [0.25, 0.3) is 5.91 Å². The van der Waals surface area contributed by atoms with Crippen molar-refractivity contribution in [2.24, 2.45) is 5.73 Å². The Morgan fingerprint density at radius 1 is 0.966 bits per heavy atom. The summed E-state index contributed by atoms with van der Waals surface area (Å²) < 4.78 is 0. The summed E-state index contributed by atoms with van der Waals surface area (Å²) in [6, 6.07) is 17.2. The molecule has 1 heterocycles. The van der Waals surface area contributed by atoms with Crippen molar-refractivity contribution in [3.8, 4) is 0 Å². The Morgan fingerprint density at radius 3 is 2.48 bits per heavy atom. The molecular formula is C23H22N4O2. The summed E-state index contributed by atoms with van der Waals surface area (Å²) in [6.07, 6.45) is 3.76. The van der Waals surface area contributed by atoms with Crippen LogP contribution in [0.4, 0.5) is 4.79 Å². The highest BCUT2D eigenvalue weighted by Crippen LogP contribution is 2.37. The Kier molecular flexibility index (Phi) is 5.24. The molecule has 2 aromatic carbocycles. The van der Waals surface area contributed by atoms with Gasteiger partial charge in [0.2, 0.25) is 0 Å². The molecule has 0 unspecified atom stereocenters. The first-order valence-electron chi connectivity index (χ1n) is 9.62. The molecule has 0 spiro atoms.